The van der Waals surface area contributed by atoms with Crippen molar-refractivity contribution in [3.8, 4) is 11.1 Å². The molecule has 0 aliphatic carbocycles. The van der Waals surface area contributed by atoms with E-state index in [0.29, 0.717) is 12.7 Å². The zero-order valence-corrected chi connectivity index (χ0v) is 11.8. The molecule has 0 atom stereocenters. The molecule has 2 aromatic carbocycles. The first kappa shape index (κ1) is 13.8. The third-order valence-electron chi connectivity index (χ3n) is 3.46. The molecule has 0 aromatic heterocycles. The van der Waals surface area contributed by atoms with Crippen LogP contribution in [-0.2, 0) is 11.3 Å². The first-order valence-electron chi connectivity index (χ1n) is 7.09. The van der Waals surface area contributed by atoms with Crippen LogP contribution in [0.2, 0.25) is 0 Å². The standard InChI is InChI=1S/C18H22O/c1-3-18(4-2)19-14-15-10-12-17(13-11-15)16-8-6-5-7-9-16/h5-13,18H,3-4,14H2,1-2H3. The Kier molecular flexibility index (Phi) is 5.17. The Hall–Kier alpha value is -1.60. The third-order valence-corrected chi connectivity index (χ3v) is 3.46. The van der Waals surface area contributed by atoms with Crippen LogP contribution in [0.15, 0.2) is 54.6 Å². The van der Waals surface area contributed by atoms with Gasteiger partial charge in [-0.25, -0.2) is 0 Å². The molecule has 1 nitrogen and oxygen atoms in total. The van der Waals surface area contributed by atoms with Gasteiger partial charge in [-0.2, -0.15) is 0 Å². The Morgan fingerprint density at radius 1 is 0.789 bits per heavy atom. The van der Waals surface area contributed by atoms with E-state index in [9.17, 15) is 0 Å². The van der Waals surface area contributed by atoms with Crippen molar-refractivity contribution in [3.63, 3.8) is 0 Å². The summed E-state index contributed by atoms with van der Waals surface area (Å²) in [5.74, 6) is 0. The Morgan fingerprint density at radius 2 is 1.37 bits per heavy atom. The lowest BCUT2D eigenvalue weighted by molar-refractivity contribution is 0.0358. The average molecular weight is 254 g/mol. The molecule has 0 N–H and O–H groups in total. The van der Waals surface area contributed by atoms with Gasteiger partial charge in [0.25, 0.3) is 0 Å². The molecule has 1 heteroatoms. The van der Waals surface area contributed by atoms with Crippen LogP contribution in [0, 0.1) is 0 Å². The summed E-state index contributed by atoms with van der Waals surface area (Å²) in [5, 5.41) is 0. The van der Waals surface area contributed by atoms with Crippen molar-refractivity contribution in [3.05, 3.63) is 60.2 Å². The minimum absolute atomic E-state index is 0.383. The van der Waals surface area contributed by atoms with Gasteiger partial charge in [0.15, 0.2) is 0 Å². The SMILES string of the molecule is CCC(CC)OCc1ccc(-c2ccccc2)cc1. The highest BCUT2D eigenvalue weighted by Crippen LogP contribution is 2.19. The van der Waals surface area contributed by atoms with Crippen LogP contribution in [0.5, 0.6) is 0 Å². The minimum atomic E-state index is 0.383. The summed E-state index contributed by atoms with van der Waals surface area (Å²) >= 11 is 0. The summed E-state index contributed by atoms with van der Waals surface area (Å²) in [4.78, 5) is 0. The predicted molar refractivity (Wildman–Crippen MR) is 81.0 cm³/mol. The van der Waals surface area contributed by atoms with E-state index in [1.165, 1.54) is 16.7 Å². The molecule has 0 radical (unpaired) electrons. The quantitative estimate of drug-likeness (QED) is 0.700. The molecule has 0 spiro atoms. The number of hydrogen-bond donors (Lipinski definition) is 0. The maximum Gasteiger partial charge on any atom is 0.0720 e. The van der Waals surface area contributed by atoms with E-state index in [1.807, 2.05) is 6.07 Å². The molecule has 0 heterocycles. The van der Waals surface area contributed by atoms with Gasteiger partial charge in [0.2, 0.25) is 0 Å². The van der Waals surface area contributed by atoms with Gasteiger partial charge in [0.05, 0.1) is 12.7 Å². The number of benzene rings is 2. The second-order valence-corrected chi connectivity index (χ2v) is 4.81. The van der Waals surface area contributed by atoms with Crippen LogP contribution in [0.1, 0.15) is 32.3 Å². The van der Waals surface area contributed by atoms with Crippen LogP contribution < -0.4 is 0 Å². The highest BCUT2D eigenvalue weighted by Gasteiger charge is 2.03. The summed E-state index contributed by atoms with van der Waals surface area (Å²) in [6, 6.07) is 19.1. The first-order valence-corrected chi connectivity index (χ1v) is 7.09. The molecule has 0 amide bonds. The Balaban J connectivity index is 1.99. The van der Waals surface area contributed by atoms with Crippen LogP contribution >= 0.6 is 0 Å². The van der Waals surface area contributed by atoms with Crippen LogP contribution in [0.25, 0.3) is 11.1 Å². The Bertz CT molecular complexity index is 469. The maximum atomic E-state index is 5.87. The van der Waals surface area contributed by atoms with E-state index in [0.717, 1.165) is 12.8 Å². The first-order chi connectivity index (χ1) is 9.33. The molecular weight excluding hydrogens is 232 g/mol. The summed E-state index contributed by atoms with van der Waals surface area (Å²) in [6.45, 7) is 5.06. The number of ether oxygens (including phenoxy) is 1. The fourth-order valence-corrected chi connectivity index (χ4v) is 2.16. The maximum absolute atomic E-state index is 5.87. The van der Waals surface area contributed by atoms with Gasteiger partial charge in [0.1, 0.15) is 0 Å². The lowest BCUT2D eigenvalue weighted by atomic mass is 10.0. The van der Waals surface area contributed by atoms with Crippen molar-refractivity contribution in [2.45, 2.75) is 39.4 Å². The molecule has 0 saturated carbocycles. The van der Waals surface area contributed by atoms with E-state index in [1.54, 1.807) is 0 Å². The monoisotopic (exact) mass is 254 g/mol. The summed E-state index contributed by atoms with van der Waals surface area (Å²) < 4.78 is 5.87. The smallest absolute Gasteiger partial charge is 0.0720 e. The molecular formula is C18H22O. The van der Waals surface area contributed by atoms with Gasteiger partial charge in [-0.1, -0.05) is 68.4 Å². The molecule has 0 fully saturated rings. The predicted octanol–water partition coefficient (Wildman–Crippen LogP) is 5.06. The summed E-state index contributed by atoms with van der Waals surface area (Å²) in [6.07, 6.45) is 2.55. The van der Waals surface area contributed by atoms with Crippen molar-refractivity contribution in [1.29, 1.82) is 0 Å². The molecule has 19 heavy (non-hydrogen) atoms. The molecule has 0 saturated heterocycles. The van der Waals surface area contributed by atoms with E-state index in [4.69, 9.17) is 4.74 Å². The van der Waals surface area contributed by atoms with Gasteiger partial charge < -0.3 is 4.74 Å². The van der Waals surface area contributed by atoms with Crippen LogP contribution in [-0.4, -0.2) is 6.10 Å². The van der Waals surface area contributed by atoms with Crippen molar-refractivity contribution in [1.82, 2.24) is 0 Å². The van der Waals surface area contributed by atoms with E-state index in [2.05, 4.69) is 62.4 Å². The normalized spacial score (nSPS) is 10.9. The average Bonchev–Trinajstić information content (AvgIpc) is 2.50. The molecule has 100 valence electrons. The van der Waals surface area contributed by atoms with Crippen molar-refractivity contribution in [2.24, 2.45) is 0 Å². The summed E-state index contributed by atoms with van der Waals surface area (Å²) in [5.41, 5.74) is 3.76. The van der Waals surface area contributed by atoms with Gasteiger partial charge in [-0.05, 0) is 29.5 Å². The Morgan fingerprint density at radius 3 is 1.95 bits per heavy atom. The second kappa shape index (κ2) is 7.10. The molecule has 0 bridgehead atoms. The zero-order valence-electron chi connectivity index (χ0n) is 11.8. The van der Waals surface area contributed by atoms with Crippen molar-refractivity contribution in [2.75, 3.05) is 0 Å². The highest BCUT2D eigenvalue weighted by atomic mass is 16.5. The highest BCUT2D eigenvalue weighted by molar-refractivity contribution is 5.63. The molecule has 2 rings (SSSR count). The molecule has 2 aromatic rings. The minimum Gasteiger partial charge on any atom is -0.374 e. The van der Waals surface area contributed by atoms with E-state index in [-0.39, 0.29) is 0 Å². The van der Waals surface area contributed by atoms with E-state index >= 15 is 0 Å². The fraction of sp³-hybridized carbons (Fsp3) is 0.333. The van der Waals surface area contributed by atoms with Gasteiger partial charge in [0, 0.05) is 0 Å². The molecule has 0 aliphatic heterocycles. The van der Waals surface area contributed by atoms with Gasteiger partial charge >= 0.3 is 0 Å². The van der Waals surface area contributed by atoms with Crippen molar-refractivity contribution >= 4 is 0 Å². The van der Waals surface area contributed by atoms with Crippen molar-refractivity contribution < 1.29 is 4.74 Å². The molecule has 0 unspecified atom stereocenters. The van der Waals surface area contributed by atoms with E-state index < -0.39 is 0 Å². The lowest BCUT2D eigenvalue weighted by Crippen LogP contribution is -2.09. The fourth-order valence-electron chi connectivity index (χ4n) is 2.16. The van der Waals surface area contributed by atoms with Gasteiger partial charge in [-0.3, -0.25) is 0 Å². The largest absolute Gasteiger partial charge is 0.374 e. The van der Waals surface area contributed by atoms with Crippen LogP contribution in [0.3, 0.4) is 0 Å². The van der Waals surface area contributed by atoms with Crippen LogP contribution in [0.4, 0.5) is 0 Å². The number of rotatable bonds is 6. The van der Waals surface area contributed by atoms with Gasteiger partial charge in [-0.15, -0.1) is 0 Å². The lowest BCUT2D eigenvalue weighted by Gasteiger charge is -2.14. The third kappa shape index (κ3) is 3.93. The summed E-state index contributed by atoms with van der Waals surface area (Å²) in [7, 11) is 0. The topological polar surface area (TPSA) is 9.23 Å². The number of hydrogen-bond acceptors (Lipinski definition) is 1. The second-order valence-electron chi connectivity index (χ2n) is 4.81. The molecule has 0 aliphatic rings. The zero-order chi connectivity index (χ0) is 13.5. The Labute approximate surface area is 116 Å².